The number of hydrogen-bond donors (Lipinski definition) is 0. The van der Waals surface area contributed by atoms with E-state index in [1.54, 1.807) is 0 Å². The van der Waals surface area contributed by atoms with Gasteiger partial charge in [0.15, 0.2) is 0 Å². The lowest BCUT2D eigenvalue weighted by Crippen LogP contribution is -2.18. The molecule has 0 amide bonds. The van der Waals surface area contributed by atoms with E-state index in [1.165, 1.54) is 5.56 Å². The Kier molecular flexibility index (Phi) is 3.64. The van der Waals surface area contributed by atoms with Gasteiger partial charge >= 0.3 is 0 Å². The van der Waals surface area contributed by atoms with Crippen molar-refractivity contribution < 1.29 is 4.74 Å². The van der Waals surface area contributed by atoms with Crippen molar-refractivity contribution in [2.24, 2.45) is 0 Å². The fraction of sp³-hybridized carbons (Fsp3) is 0.467. The van der Waals surface area contributed by atoms with Crippen molar-refractivity contribution in [3.8, 4) is 17.6 Å². The van der Waals surface area contributed by atoms with Crippen LogP contribution in [0.15, 0.2) is 18.2 Å². The minimum absolute atomic E-state index is 0.100. The molecule has 1 aromatic rings. The highest BCUT2D eigenvalue weighted by atomic mass is 35.5. The van der Waals surface area contributed by atoms with Crippen molar-refractivity contribution in [2.75, 3.05) is 12.5 Å². The number of alkyl halides is 1. The molecule has 1 aliphatic heterocycles. The van der Waals surface area contributed by atoms with Gasteiger partial charge in [0, 0.05) is 28.8 Å². The van der Waals surface area contributed by atoms with Gasteiger partial charge in [0.1, 0.15) is 5.75 Å². The predicted octanol–water partition coefficient (Wildman–Crippen LogP) is 3.73. The summed E-state index contributed by atoms with van der Waals surface area (Å²) in [6.45, 7) is 5.15. The van der Waals surface area contributed by atoms with E-state index in [2.05, 4.69) is 31.8 Å². The molecule has 1 aliphatic rings. The first-order chi connectivity index (χ1) is 8.13. The van der Waals surface area contributed by atoms with E-state index >= 15 is 0 Å². The number of fused-ring (bicyclic) bond motifs is 1. The zero-order valence-electron chi connectivity index (χ0n) is 10.3. The van der Waals surface area contributed by atoms with Crippen molar-refractivity contribution in [3.05, 3.63) is 29.3 Å². The zero-order chi connectivity index (χ0) is 12.3. The Hall–Kier alpha value is -1.13. The minimum Gasteiger partial charge on any atom is -0.492 e. The summed E-state index contributed by atoms with van der Waals surface area (Å²) in [7, 11) is 0. The van der Waals surface area contributed by atoms with Gasteiger partial charge in [-0.3, -0.25) is 0 Å². The molecule has 0 saturated heterocycles. The van der Waals surface area contributed by atoms with Crippen LogP contribution in [-0.2, 0) is 5.41 Å². The molecule has 1 heterocycles. The van der Waals surface area contributed by atoms with Gasteiger partial charge in [-0.2, -0.15) is 0 Å². The van der Waals surface area contributed by atoms with Gasteiger partial charge in [-0.1, -0.05) is 25.7 Å². The van der Waals surface area contributed by atoms with E-state index in [9.17, 15) is 0 Å². The van der Waals surface area contributed by atoms with Crippen LogP contribution in [0.25, 0.3) is 0 Å². The maximum Gasteiger partial charge on any atom is 0.123 e. The van der Waals surface area contributed by atoms with Crippen LogP contribution in [0.5, 0.6) is 5.75 Å². The maximum absolute atomic E-state index is 5.65. The van der Waals surface area contributed by atoms with E-state index < -0.39 is 0 Å². The number of benzene rings is 1. The molecule has 1 nitrogen and oxygen atoms in total. The summed E-state index contributed by atoms with van der Waals surface area (Å²) < 4.78 is 5.65. The molecular weight excluding hydrogens is 232 g/mol. The fourth-order valence-corrected chi connectivity index (χ4v) is 2.05. The van der Waals surface area contributed by atoms with Gasteiger partial charge in [0.2, 0.25) is 0 Å². The third-order valence-corrected chi connectivity index (χ3v) is 3.23. The summed E-state index contributed by atoms with van der Waals surface area (Å²) in [4.78, 5) is 0. The smallest absolute Gasteiger partial charge is 0.123 e. The number of halogens is 1. The van der Waals surface area contributed by atoms with Gasteiger partial charge < -0.3 is 4.74 Å². The molecule has 0 atom stereocenters. The quantitative estimate of drug-likeness (QED) is 0.440. The predicted molar refractivity (Wildman–Crippen MR) is 71.8 cm³/mol. The molecular formula is C15H17ClO. The van der Waals surface area contributed by atoms with E-state index in [-0.39, 0.29) is 5.41 Å². The van der Waals surface area contributed by atoms with Gasteiger partial charge in [0.25, 0.3) is 0 Å². The molecule has 1 aromatic carbocycles. The Morgan fingerprint density at radius 3 is 3.00 bits per heavy atom. The highest BCUT2D eigenvalue weighted by molar-refractivity contribution is 6.17. The fourth-order valence-electron chi connectivity index (χ4n) is 1.92. The molecule has 0 radical (unpaired) electrons. The van der Waals surface area contributed by atoms with E-state index in [4.69, 9.17) is 16.3 Å². The van der Waals surface area contributed by atoms with Crippen LogP contribution in [0.1, 0.15) is 37.8 Å². The number of unbranched alkanes of at least 4 members (excludes halogenated alkanes) is 1. The standard InChI is InChI=1S/C15H17ClO/c1-15(2)11-17-14-8-7-12(10-13(14)15)6-4-3-5-9-16/h7-8,10H,3,5,9,11H2,1-2H3. The third kappa shape index (κ3) is 2.76. The molecule has 0 aromatic heterocycles. The molecule has 0 saturated carbocycles. The van der Waals surface area contributed by atoms with E-state index in [0.29, 0.717) is 5.88 Å². The summed E-state index contributed by atoms with van der Waals surface area (Å²) in [5, 5.41) is 0. The molecule has 0 unspecified atom stereocenters. The second kappa shape index (κ2) is 5.02. The highest BCUT2D eigenvalue weighted by Gasteiger charge is 2.31. The molecule has 0 fully saturated rings. The second-order valence-electron chi connectivity index (χ2n) is 4.98. The van der Waals surface area contributed by atoms with Crippen molar-refractivity contribution >= 4 is 11.6 Å². The number of ether oxygens (including phenoxy) is 1. The van der Waals surface area contributed by atoms with Gasteiger partial charge in [-0.25, -0.2) is 0 Å². The van der Waals surface area contributed by atoms with Crippen LogP contribution >= 0.6 is 11.6 Å². The van der Waals surface area contributed by atoms with Crippen LogP contribution < -0.4 is 4.74 Å². The van der Waals surface area contributed by atoms with Crippen LogP contribution in [0.4, 0.5) is 0 Å². The summed E-state index contributed by atoms with van der Waals surface area (Å²) in [6.07, 6.45) is 1.81. The first-order valence-electron chi connectivity index (χ1n) is 5.96. The van der Waals surface area contributed by atoms with Crippen LogP contribution in [0.3, 0.4) is 0 Å². The lowest BCUT2D eigenvalue weighted by molar-refractivity contribution is 0.291. The molecule has 0 N–H and O–H groups in total. The lowest BCUT2D eigenvalue weighted by atomic mass is 9.86. The monoisotopic (exact) mass is 248 g/mol. The molecule has 2 heteroatoms. The van der Waals surface area contributed by atoms with Gasteiger partial charge in [-0.05, 0) is 24.6 Å². The Bertz CT molecular complexity index is 466. The van der Waals surface area contributed by atoms with Crippen LogP contribution in [0.2, 0.25) is 0 Å². The first-order valence-corrected chi connectivity index (χ1v) is 6.49. The maximum atomic E-state index is 5.65. The molecule has 0 aliphatic carbocycles. The van der Waals surface area contributed by atoms with Crippen molar-refractivity contribution in [2.45, 2.75) is 32.1 Å². The average Bonchev–Trinajstić information content (AvgIpc) is 2.61. The Morgan fingerprint density at radius 2 is 2.24 bits per heavy atom. The summed E-state index contributed by atoms with van der Waals surface area (Å²) in [6, 6.07) is 6.19. The Morgan fingerprint density at radius 1 is 1.41 bits per heavy atom. The first kappa shape index (κ1) is 12.3. The molecule has 0 spiro atoms. The topological polar surface area (TPSA) is 9.23 Å². The molecule has 0 bridgehead atoms. The van der Waals surface area contributed by atoms with E-state index in [1.807, 2.05) is 12.1 Å². The Balaban J connectivity index is 2.18. The zero-order valence-corrected chi connectivity index (χ0v) is 11.1. The van der Waals surface area contributed by atoms with Crippen molar-refractivity contribution in [3.63, 3.8) is 0 Å². The third-order valence-electron chi connectivity index (χ3n) is 2.97. The SMILES string of the molecule is CC1(C)COc2ccc(C#CCCCCl)cc21. The molecule has 90 valence electrons. The number of hydrogen-bond acceptors (Lipinski definition) is 1. The van der Waals surface area contributed by atoms with Gasteiger partial charge in [0.05, 0.1) is 6.61 Å². The second-order valence-corrected chi connectivity index (χ2v) is 5.36. The molecule has 17 heavy (non-hydrogen) atoms. The minimum atomic E-state index is 0.100. The highest BCUT2D eigenvalue weighted by Crippen LogP contribution is 2.38. The van der Waals surface area contributed by atoms with Crippen molar-refractivity contribution in [1.82, 2.24) is 0 Å². The van der Waals surface area contributed by atoms with Crippen molar-refractivity contribution in [1.29, 1.82) is 0 Å². The van der Waals surface area contributed by atoms with Gasteiger partial charge in [-0.15, -0.1) is 11.6 Å². The number of rotatable bonds is 2. The Labute approximate surface area is 108 Å². The largest absolute Gasteiger partial charge is 0.492 e. The summed E-state index contributed by atoms with van der Waals surface area (Å²) in [5.41, 5.74) is 2.43. The summed E-state index contributed by atoms with van der Waals surface area (Å²) >= 11 is 5.61. The van der Waals surface area contributed by atoms with Crippen LogP contribution in [0, 0.1) is 11.8 Å². The molecule has 2 rings (SSSR count). The summed E-state index contributed by atoms with van der Waals surface area (Å²) in [5.74, 6) is 8.01. The average molecular weight is 249 g/mol. The lowest BCUT2D eigenvalue weighted by Gasteiger charge is -2.14. The van der Waals surface area contributed by atoms with E-state index in [0.717, 1.165) is 30.8 Å². The normalized spacial score (nSPS) is 15.7. The van der Waals surface area contributed by atoms with Crippen LogP contribution in [-0.4, -0.2) is 12.5 Å².